The summed E-state index contributed by atoms with van der Waals surface area (Å²) in [7, 11) is -2.40. The molecule has 1 aromatic rings. The summed E-state index contributed by atoms with van der Waals surface area (Å²) in [5.41, 5.74) is 2.58. The van der Waals surface area contributed by atoms with E-state index in [0.717, 1.165) is 56.1 Å². The third-order valence-electron chi connectivity index (χ3n) is 19.0. The molecule has 1 spiro atoms. The maximum Gasteiger partial charge on any atom is 0.261 e. The predicted octanol–water partition coefficient (Wildman–Crippen LogP) is 8.61. The van der Waals surface area contributed by atoms with Crippen molar-refractivity contribution in [1.82, 2.24) is 4.90 Å². The van der Waals surface area contributed by atoms with E-state index < -0.39 is 31.9 Å². The highest BCUT2D eigenvalue weighted by molar-refractivity contribution is 6.74. The summed E-state index contributed by atoms with van der Waals surface area (Å²) in [5, 5.41) is 12.2. The molecule has 10 fully saturated rings. The lowest BCUT2D eigenvalue weighted by Gasteiger charge is -2.47. The van der Waals surface area contributed by atoms with Crippen molar-refractivity contribution in [2.45, 2.75) is 246 Å². The van der Waals surface area contributed by atoms with Crippen LogP contribution in [0.4, 0.5) is 0 Å². The number of aliphatic hydroxyl groups is 1. The monoisotopic (exact) mass is 974 g/mol. The van der Waals surface area contributed by atoms with Crippen LogP contribution in [0.3, 0.4) is 0 Å². The number of benzene rings is 1. The number of hydrogen-bond acceptors (Lipinski definition) is 12. The second-order valence-corrected chi connectivity index (χ2v) is 29.6. The van der Waals surface area contributed by atoms with Gasteiger partial charge in [0.15, 0.2) is 14.1 Å². The SMILES string of the molecule is C=C1C[C@@H]2CC[C@@]34C[C@]5(C)O[C@H]6[C@@H](O3)[C@H]3OC(CC[C@@H]3O[C@H]6[C@H]5O4)CC(O)CC3[C@@H](C)C(C[C@@H](CN4C(=O)c5ccccc5C4=O)O[Si](C)(C)C(C)(C)C)O[C@H]3CC3O[C@@H](CCC1O2)C[C@@H](C)C3=C. The molecule has 2 amide bonds. The summed E-state index contributed by atoms with van der Waals surface area (Å²) >= 11 is 0. The average Bonchev–Trinajstić information content (AvgIpc) is 3.98. The van der Waals surface area contributed by atoms with E-state index in [0.29, 0.717) is 49.7 Å². The lowest BCUT2D eigenvalue weighted by molar-refractivity contribution is -0.295. The summed E-state index contributed by atoms with van der Waals surface area (Å²) in [5.74, 6) is -1.14. The van der Waals surface area contributed by atoms with Crippen LogP contribution in [0.25, 0.3) is 0 Å². The van der Waals surface area contributed by atoms with Gasteiger partial charge in [-0.25, -0.2) is 0 Å². The lowest BCUT2D eigenvalue weighted by atomic mass is 9.78. The van der Waals surface area contributed by atoms with Crippen molar-refractivity contribution in [1.29, 1.82) is 0 Å². The number of imide groups is 1. The van der Waals surface area contributed by atoms with Crippen molar-refractivity contribution in [2.24, 2.45) is 17.8 Å². The first-order chi connectivity index (χ1) is 32.7. The first-order valence-electron chi connectivity index (χ1n) is 26.7. The number of aliphatic hydroxyl groups excluding tert-OH is 1. The maximum atomic E-state index is 13.8. The number of hydrogen-bond donors (Lipinski definition) is 1. The molecule has 380 valence electrons. The van der Waals surface area contributed by atoms with Gasteiger partial charge in [0.1, 0.15) is 36.1 Å². The Morgan fingerprint density at radius 1 is 0.797 bits per heavy atom. The Hall–Kier alpha value is -2.34. The van der Waals surface area contributed by atoms with Crippen molar-refractivity contribution in [3.63, 3.8) is 0 Å². The molecule has 10 saturated heterocycles. The van der Waals surface area contributed by atoms with Crippen molar-refractivity contribution in [3.8, 4) is 0 Å². The number of carbonyl (C=O) groups is 2. The molecule has 12 bridgehead atoms. The second kappa shape index (κ2) is 18.0. The lowest BCUT2D eigenvalue weighted by Crippen LogP contribution is -2.61. The zero-order valence-electron chi connectivity index (χ0n) is 42.4. The molecule has 1 N–H and O–H groups in total. The fourth-order valence-corrected chi connectivity index (χ4v) is 15.5. The highest BCUT2D eigenvalue weighted by atomic mass is 28.4. The summed E-state index contributed by atoms with van der Waals surface area (Å²) < 4.78 is 63.1. The van der Waals surface area contributed by atoms with Gasteiger partial charge >= 0.3 is 0 Å². The van der Waals surface area contributed by atoms with Crippen molar-refractivity contribution >= 4 is 20.1 Å². The molecule has 13 nitrogen and oxygen atoms in total. The van der Waals surface area contributed by atoms with E-state index in [9.17, 15) is 14.7 Å². The van der Waals surface area contributed by atoms with Gasteiger partial charge in [-0.05, 0) is 124 Å². The van der Waals surface area contributed by atoms with E-state index in [2.05, 4.69) is 67.8 Å². The number of ether oxygens (including phenoxy) is 8. The van der Waals surface area contributed by atoms with Crippen LogP contribution in [0, 0.1) is 17.8 Å². The Labute approximate surface area is 410 Å². The minimum atomic E-state index is -2.40. The van der Waals surface area contributed by atoms with E-state index in [1.54, 1.807) is 24.3 Å². The molecule has 0 aliphatic carbocycles. The molecule has 0 aromatic heterocycles. The molecule has 0 saturated carbocycles. The van der Waals surface area contributed by atoms with Gasteiger partial charge in [-0.1, -0.05) is 59.9 Å². The Balaban J connectivity index is 0.873. The van der Waals surface area contributed by atoms with Gasteiger partial charge in [-0.3, -0.25) is 14.5 Å². The van der Waals surface area contributed by atoms with E-state index in [-0.39, 0.29) is 121 Å². The fraction of sp³-hybridized carbons (Fsp3) is 0.782. The minimum Gasteiger partial charge on any atom is -0.412 e. The number of amides is 2. The normalized spacial score (nSPS) is 45.9. The molecule has 0 radical (unpaired) electrons. The third-order valence-corrected chi connectivity index (χ3v) is 23.5. The molecular weight excluding hydrogens is 895 g/mol. The molecule has 11 heterocycles. The number of nitrogens with zero attached hydrogens (tertiary/aromatic N) is 1. The molecule has 11 aliphatic heterocycles. The molecule has 14 heteroatoms. The van der Waals surface area contributed by atoms with Crippen LogP contribution in [0.2, 0.25) is 18.1 Å². The zero-order valence-corrected chi connectivity index (χ0v) is 43.4. The van der Waals surface area contributed by atoms with Gasteiger partial charge in [0, 0.05) is 25.7 Å². The van der Waals surface area contributed by atoms with Crippen molar-refractivity contribution in [2.75, 3.05) is 6.54 Å². The van der Waals surface area contributed by atoms with Crippen LogP contribution in [0.1, 0.15) is 146 Å². The third kappa shape index (κ3) is 8.82. The highest BCUT2D eigenvalue weighted by Crippen LogP contribution is 2.59. The first-order valence-corrected chi connectivity index (χ1v) is 29.6. The van der Waals surface area contributed by atoms with Crippen LogP contribution in [0.5, 0.6) is 0 Å². The Morgan fingerprint density at radius 3 is 2.23 bits per heavy atom. The molecule has 20 atom stereocenters. The highest BCUT2D eigenvalue weighted by Gasteiger charge is 2.73. The van der Waals surface area contributed by atoms with Gasteiger partial charge in [0.25, 0.3) is 11.8 Å². The summed E-state index contributed by atoms with van der Waals surface area (Å²) in [6.45, 7) is 27.0. The first kappa shape index (κ1) is 48.9. The Kier molecular flexibility index (Phi) is 12.7. The van der Waals surface area contributed by atoms with Gasteiger partial charge in [0.05, 0.1) is 78.7 Å². The van der Waals surface area contributed by atoms with Gasteiger partial charge < -0.3 is 47.4 Å². The summed E-state index contributed by atoms with van der Waals surface area (Å²) in [4.78, 5) is 29.0. The number of carbonyl (C=O) groups excluding carboxylic acids is 2. The molecule has 69 heavy (non-hydrogen) atoms. The van der Waals surface area contributed by atoms with Gasteiger partial charge in [-0.2, -0.15) is 0 Å². The smallest absolute Gasteiger partial charge is 0.261 e. The van der Waals surface area contributed by atoms with E-state index in [1.165, 1.54) is 4.90 Å². The van der Waals surface area contributed by atoms with E-state index in [1.807, 2.05) is 0 Å². The second-order valence-electron chi connectivity index (χ2n) is 24.8. The topological polar surface area (TPSA) is 141 Å². The van der Waals surface area contributed by atoms with Crippen molar-refractivity contribution < 1.29 is 57.0 Å². The molecule has 6 unspecified atom stereocenters. The quantitative estimate of drug-likeness (QED) is 0.166. The number of fused-ring (bicyclic) bond motifs is 7. The molecule has 1 aromatic carbocycles. The molecule has 11 aliphatic rings. The van der Waals surface area contributed by atoms with Gasteiger partial charge in [-0.15, -0.1) is 0 Å². The van der Waals surface area contributed by atoms with Crippen LogP contribution >= 0.6 is 0 Å². The standard InChI is InChI=1S/C55H79NO12Si/c1-29-21-34-15-17-41-30(2)22-36(60-41)19-20-55-28-54(8)50(67-55)49-48(65-54)47(66-55)46-42(64-49)18-16-35(62-46)23-33(57)24-40-32(4)43(63-45(40)26-44(61-34)31(29)3)25-37(68-69(9,10)53(5,6)7)27-56-51(58)38-13-11-12-14-39(38)52(56)59/h11-14,29,32-37,40-50,57H,2-3,15-28H2,1,4-10H3/t29-,32-,33?,34+,35?,36+,37+,40?,41?,42+,43?,44?,45+,46+,47+,48+,49-,50-,54+,55-/m1/s1. The van der Waals surface area contributed by atoms with E-state index in [4.69, 9.17) is 42.3 Å². The Bertz CT molecular complexity index is 2140. The van der Waals surface area contributed by atoms with Crippen LogP contribution < -0.4 is 0 Å². The molecular formula is C55H79NO12Si. The van der Waals surface area contributed by atoms with Gasteiger partial charge in [0.2, 0.25) is 0 Å². The van der Waals surface area contributed by atoms with Crippen LogP contribution in [-0.2, 0) is 42.3 Å². The predicted molar refractivity (Wildman–Crippen MR) is 259 cm³/mol. The van der Waals surface area contributed by atoms with E-state index >= 15 is 0 Å². The minimum absolute atomic E-state index is 0.0164. The molecule has 12 rings (SSSR count). The number of rotatable bonds is 6. The summed E-state index contributed by atoms with van der Waals surface area (Å²) in [6.07, 6.45) is 5.59. The van der Waals surface area contributed by atoms with Crippen LogP contribution in [0.15, 0.2) is 48.6 Å². The Morgan fingerprint density at radius 2 is 1.49 bits per heavy atom. The fourth-order valence-electron chi connectivity index (χ4n) is 14.1. The largest absolute Gasteiger partial charge is 0.412 e. The van der Waals surface area contributed by atoms with Crippen LogP contribution in [-0.4, -0.2) is 140 Å². The zero-order chi connectivity index (χ0) is 48.5. The van der Waals surface area contributed by atoms with Crippen molar-refractivity contribution in [3.05, 3.63) is 59.7 Å². The summed E-state index contributed by atoms with van der Waals surface area (Å²) in [6, 6.07) is 7.06. The maximum absolute atomic E-state index is 13.8. The average molecular weight is 974 g/mol.